The third-order valence-electron chi connectivity index (χ3n) is 13.1. The number of ether oxygens (including phenoxy) is 3. The van der Waals surface area contributed by atoms with Gasteiger partial charge >= 0.3 is 5.97 Å². The molecule has 0 aromatic heterocycles. The van der Waals surface area contributed by atoms with Crippen LogP contribution in [0.5, 0.6) is 0 Å². The first-order chi connectivity index (χ1) is 37.2. The minimum Gasteiger partial charge on any atom is -0.454 e. The van der Waals surface area contributed by atoms with Crippen LogP contribution in [0, 0.1) is 0 Å². The summed E-state index contributed by atoms with van der Waals surface area (Å²) in [4.78, 5) is 26.5. The smallest absolute Gasteiger partial charge is 0.306 e. The highest BCUT2D eigenvalue weighted by atomic mass is 16.7. The molecule has 0 bridgehead atoms. The fraction of sp³-hybridized carbons (Fsp3) is 0.662. The maximum absolute atomic E-state index is 13.4. The Kier molecular flexibility index (Phi) is 47.8. The van der Waals surface area contributed by atoms with Crippen molar-refractivity contribution < 1.29 is 49.3 Å². The minimum atomic E-state index is -1.65. The van der Waals surface area contributed by atoms with Crippen molar-refractivity contribution in [2.24, 2.45) is 0 Å². The normalized spacial score (nSPS) is 20.0. The fourth-order valence-corrected chi connectivity index (χ4v) is 8.37. The van der Waals surface area contributed by atoms with Gasteiger partial charge in [0.05, 0.1) is 25.4 Å². The molecule has 0 aliphatic carbocycles. The average molecular weight is 1060 g/mol. The van der Waals surface area contributed by atoms with Crippen LogP contribution in [0.2, 0.25) is 0 Å². The zero-order chi connectivity index (χ0) is 55.4. The third-order valence-corrected chi connectivity index (χ3v) is 13.1. The molecule has 1 heterocycles. The number of esters is 1. The molecule has 6 N–H and O–H groups in total. The van der Waals surface area contributed by atoms with Gasteiger partial charge in [0.2, 0.25) is 5.91 Å². The van der Waals surface area contributed by atoms with Crippen LogP contribution in [0.3, 0.4) is 0 Å². The first-order valence-electron chi connectivity index (χ1n) is 29.8. The molecule has 0 aromatic carbocycles. The number of nitrogens with one attached hydrogen (secondary N) is 1. The van der Waals surface area contributed by atoms with E-state index in [0.29, 0.717) is 19.3 Å². The quantitative estimate of drug-likeness (QED) is 0.0195. The number of carbonyl (C=O) groups excluding carboxylic acids is 2. The second-order valence-electron chi connectivity index (χ2n) is 20.0. The number of rotatable bonds is 48. The second kappa shape index (κ2) is 51.8. The minimum absolute atomic E-state index is 0.0366. The summed E-state index contributed by atoms with van der Waals surface area (Å²) in [5.41, 5.74) is 0. The van der Waals surface area contributed by atoms with E-state index in [4.69, 9.17) is 14.2 Å². The number of hydrogen-bond acceptors (Lipinski definition) is 10. The Morgan fingerprint density at radius 1 is 0.526 bits per heavy atom. The Bertz CT molecular complexity index is 1690. The molecule has 11 heteroatoms. The number of hydrogen-bond donors (Lipinski definition) is 6. The van der Waals surface area contributed by atoms with Gasteiger partial charge in [-0.2, -0.15) is 0 Å². The monoisotopic (exact) mass is 1060 g/mol. The Balaban J connectivity index is 2.78. The van der Waals surface area contributed by atoms with Crippen molar-refractivity contribution in [2.45, 2.75) is 262 Å². The number of amides is 1. The van der Waals surface area contributed by atoms with Crippen LogP contribution >= 0.6 is 0 Å². The van der Waals surface area contributed by atoms with E-state index in [1.807, 2.05) is 18.2 Å². The average Bonchev–Trinajstić information content (AvgIpc) is 3.42. The molecule has 8 atom stereocenters. The SMILES string of the molecule is CC/C=C\C/C=C\C/C=C\C/C=C\C/C=C\CCCCC(O)C(=O)NC(COC1OC(CO)C(O)C(O)C1OC(=O)CCC/C=C\C/C=C\C/C=C\C/C=C\CCCCC)C(O)/C=C/CCCCCCCCCCCC. The fourth-order valence-electron chi connectivity index (χ4n) is 8.37. The largest absolute Gasteiger partial charge is 0.454 e. The van der Waals surface area contributed by atoms with E-state index in [2.05, 4.69) is 123 Å². The molecule has 1 aliphatic heterocycles. The van der Waals surface area contributed by atoms with Crippen LogP contribution in [-0.2, 0) is 23.8 Å². The highest BCUT2D eigenvalue weighted by Crippen LogP contribution is 2.26. The summed E-state index contributed by atoms with van der Waals surface area (Å²) in [6.45, 7) is 5.57. The molecule has 1 aliphatic rings. The number of carbonyl (C=O) groups is 2. The van der Waals surface area contributed by atoms with E-state index in [9.17, 15) is 35.1 Å². The lowest BCUT2D eigenvalue weighted by Gasteiger charge is -2.41. The van der Waals surface area contributed by atoms with Crippen LogP contribution in [0.15, 0.2) is 122 Å². The van der Waals surface area contributed by atoms with Gasteiger partial charge in [0.25, 0.3) is 0 Å². The lowest BCUT2D eigenvalue weighted by atomic mass is 9.99. The molecule has 11 nitrogen and oxygen atoms in total. The molecule has 1 rings (SSSR count). The van der Waals surface area contributed by atoms with Crippen molar-refractivity contribution in [3.8, 4) is 0 Å². The molecule has 0 aromatic rings. The highest BCUT2D eigenvalue weighted by Gasteiger charge is 2.47. The number of aliphatic hydroxyl groups is 5. The Morgan fingerprint density at radius 2 is 0.947 bits per heavy atom. The summed E-state index contributed by atoms with van der Waals surface area (Å²) in [6, 6.07) is -1.06. The van der Waals surface area contributed by atoms with Crippen molar-refractivity contribution in [1.29, 1.82) is 0 Å². The summed E-state index contributed by atoms with van der Waals surface area (Å²) < 4.78 is 17.5. The standard InChI is InChI=1S/C65H107NO10/c1-4-7-10-13-16-19-22-25-27-29-31-32-34-37-40-43-46-49-52-58(69)64(73)66-56(57(68)51-48-45-42-39-36-24-21-18-15-12-9-6-3)55-74-65-63(62(72)61(71)59(54-67)75-65)76-60(70)53-50-47-44-41-38-35-33-30-28-26-23-20-17-14-11-8-5-2/h7,10,16-17,19-20,25-28,31-33,35,37,40-41,44,48,51,56-59,61-63,65,67-69,71-72H,4-6,8-9,11-15,18,21-24,29-30,34,36,38-39,42-43,45-47,49-50,52-55H2,1-3H3,(H,66,73)/b10-7-,19-16-,20-17-,27-25-,28-26-,32-31-,35-33-,40-37-,44-41-,51-48+. The molecule has 8 unspecified atom stereocenters. The van der Waals surface area contributed by atoms with Crippen LogP contribution in [0.4, 0.5) is 0 Å². The van der Waals surface area contributed by atoms with Gasteiger partial charge in [-0.15, -0.1) is 0 Å². The first kappa shape index (κ1) is 70.1. The van der Waals surface area contributed by atoms with Crippen LogP contribution in [-0.4, -0.2) is 99.6 Å². The maximum Gasteiger partial charge on any atom is 0.306 e. The van der Waals surface area contributed by atoms with Crippen LogP contribution in [0.25, 0.3) is 0 Å². The van der Waals surface area contributed by atoms with Gasteiger partial charge in [-0.1, -0.05) is 219 Å². The predicted octanol–water partition coefficient (Wildman–Crippen LogP) is 13.9. The topological polar surface area (TPSA) is 175 Å². The molecule has 0 saturated carbocycles. The van der Waals surface area contributed by atoms with Gasteiger partial charge in [0.15, 0.2) is 12.4 Å². The van der Waals surface area contributed by atoms with Gasteiger partial charge in [-0.25, -0.2) is 0 Å². The summed E-state index contributed by atoms with van der Waals surface area (Å²) in [5, 5.41) is 56.8. The number of unbranched alkanes of at least 4 members (excludes halogenated alkanes) is 16. The molecule has 432 valence electrons. The van der Waals surface area contributed by atoms with Gasteiger partial charge in [0, 0.05) is 6.42 Å². The summed E-state index contributed by atoms with van der Waals surface area (Å²) >= 11 is 0. The molecule has 76 heavy (non-hydrogen) atoms. The summed E-state index contributed by atoms with van der Waals surface area (Å²) in [5.74, 6) is -1.30. The zero-order valence-corrected chi connectivity index (χ0v) is 47.6. The highest BCUT2D eigenvalue weighted by molar-refractivity contribution is 5.80. The van der Waals surface area contributed by atoms with E-state index < -0.39 is 67.4 Å². The van der Waals surface area contributed by atoms with Crippen LogP contribution in [0.1, 0.15) is 213 Å². The molecule has 1 saturated heterocycles. The van der Waals surface area contributed by atoms with E-state index in [1.165, 1.54) is 64.2 Å². The van der Waals surface area contributed by atoms with Crippen molar-refractivity contribution in [1.82, 2.24) is 5.32 Å². The van der Waals surface area contributed by atoms with Gasteiger partial charge in [0.1, 0.15) is 24.4 Å². The zero-order valence-electron chi connectivity index (χ0n) is 47.6. The molecule has 0 spiro atoms. The first-order valence-corrected chi connectivity index (χ1v) is 29.8. The van der Waals surface area contributed by atoms with E-state index in [1.54, 1.807) is 6.08 Å². The Hall–Kier alpha value is -3.94. The second-order valence-corrected chi connectivity index (χ2v) is 20.0. The molecule has 1 fully saturated rings. The van der Waals surface area contributed by atoms with E-state index >= 15 is 0 Å². The number of aliphatic hydroxyl groups excluding tert-OH is 5. The van der Waals surface area contributed by atoms with Crippen molar-refractivity contribution >= 4 is 11.9 Å². The maximum atomic E-state index is 13.4. The number of allylic oxidation sites excluding steroid dienone is 19. The lowest BCUT2D eigenvalue weighted by molar-refractivity contribution is -0.305. The van der Waals surface area contributed by atoms with Gasteiger partial charge in [-0.3, -0.25) is 9.59 Å². The third kappa shape index (κ3) is 39.4. The Labute approximate surface area is 461 Å². The van der Waals surface area contributed by atoms with E-state index in [0.717, 1.165) is 96.3 Å². The summed E-state index contributed by atoms with van der Waals surface area (Å²) in [6.07, 6.45) is 61.0. The van der Waals surface area contributed by atoms with Gasteiger partial charge in [-0.05, 0) is 109 Å². The summed E-state index contributed by atoms with van der Waals surface area (Å²) in [7, 11) is 0. The van der Waals surface area contributed by atoms with Crippen molar-refractivity contribution in [3.05, 3.63) is 122 Å². The molecule has 1 amide bonds. The molecular weight excluding hydrogens is 955 g/mol. The lowest BCUT2D eigenvalue weighted by Crippen LogP contribution is -2.61. The van der Waals surface area contributed by atoms with Crippen LogP contribution < -0.4 is 5.32 Å². The van der Waals surface area contributed by atoms with E-state index in [-0.39, 0.29) is 19.4 Å². The molecular formula is C65H107NO10. The Morgan fingerprint density at radius 3 is 1.45 bits per heavy atom. The van der Waals surface area contributed by atoms with Crippen molar-refractivity contribution in [2.75, 3.05) is 13.2 Å². The predicted molar refractivity (Wildman–Crippen MR) is 314 cm³/mol. The molecule has 0 radical (unpaired) electrons. The van der Waals surface area contributed by atoms with Gasteiger partial charge < -0.3 is 45.1 Å². The van der Waals surface area contributed by atoms with Crippen molar-refractivity contribution in [3.63, 3.8) is 0 Å².